The van der Waals surface area contributed by atoms with Crippen molar-refractivity contribution in [1.82, 2.24) is 10.3 Å². The van der Waals surface area contributed by atoms with Gasteiger partial charge in [0.1, 0.15) is 0 Å². The normalized spacial score (nSPS) is 18.8. The third-order valence-corrected chi connectivity index (χ3v) is 4.88. The molecule has 1 saturated heterocycles. The first-order chi connectivity index (χ1) is 10.4. The van der Waals surface area contributed by atoms with E-state index in [1.807, 2.05) is 24.5 Å². The second-order valence-electron chi connectivity index (χ2n) is 5.47. The quantitative estimate of drug-likeness (QED) is 0.915. The van der Waals surface area contributed by atoms with Crippen LogP contribution in [0.2, 0.25) is 0 Å². The molecule has 1 aromatic heterocycles. The molecule has 0 amide bonds. The number of nitrogens with one attached hydrogen (secondary N) is 1. The molecule has 1 unspecified atom stereocenters. The molecule has 0 spiro atoms. The zero-order valence-electron chi connectivity index (χ0n) is 12.5. The highest BCUT2D eigenvalue weighted by Gasteiger charge is 2.18. The predicted molar refractivity (Wildman–Crippen MR) is 87.6 cm³/mol. The van der Waals surface area contributed by atoms with Gasteiger partial charge in [0.25, 0.3) is 0 Å². The van der Waals surface area contributed by atoms with Gasteiger partial charge in [0.05, 0.1) is 16.8 Å². The minimum absolute atomic E-state index is 0.357. The first-order valence-corrected chi connectivity index (χ1v) is 8.48. The molecular weight excluding hydrogens is 280 g/mol. The van der Waals surface area contributed by atoms with Gasteiger partial charge in [0.15, 0.2) is 0 Å². The van der Waals surface area contributed by atoms with Crippen LogP contribution in [-0.2, 0) is 17.7 Å². The zero-order chi connectivity index (χ0) is 14.5. The van der Waals surface area contributed by atoms with Crippen molar-refractivity contribution >= 4 is 11.3 Å². The van der Waals surface area contributed by atoms with Crippen LogP contribution in [0.25, 0.3) is 11.3 Å². The Morgan fingerprint density at radius 2 is 2.14 bits per heavy atom. The Labute approximate surface area is 130 Å². The molecule has 2 aromatic rings. The molecule has 2 heterocycles. The van der Waals surface area contributed by atoms with Gasteiger partial charge in [-0.3, -0.25) is 0 Å². The van der Waals surface area contributed by atoms with Gasteiger partial charge in [0, 0.05) is 30.0 Å². The Morgan fingerprint density at radius 3 is 2.86 bits per heavy atom. The monoisotopic (exact) mass is 302 g/mol. The largest absolute Gasteiger partial charge is 0.378 e. The van der Waals surface area contributed by atoms with Gasteiger partial charge in [-0.05, 0) is 26.3 Å². The van der Waals surface area contributed by atoms with E-state index in [0.29, 0.717) is 6.10 Å². The van der Waals surface area contributed by atoms with Crippen molar-refractivity contribution in [2.75, 3.05) is 13.7 Å². The molecule has 1 aliphatic heterocycles. The number of ether oxygens (including phenoxy) is 1. The van der Waals surface area contributed by atoms with Crippen molar-refractivity contribution in [3.63, 3.8) is 0 Å². The van der Waals surface area contributed by atoms with Crippen molar-refractivity contribution < 1.29 is 4.74 Å². The van der Waals surface area contributed by atoms with Crippen LogP contribution in [0.4, 0.5) is 0 Å². The summed E-state index contributed by atoms with van der Waals surface area (Å²) in [5.41, 5.74) is 2.33. The molecule has 4 heteroatoms. The average Bonchev–Trinajstić information content (AvgIpc) is 2.92. The smallest absolute Gasteiger partial charge is 0.0961 e. The van der Waals surface area contributed by atoms with Gasteiger partial charge in [-0.15, -0.1) is 11.3 Å². The predicted octanol–water partition coefficient (Wildman–Crippen LogP) is 3.64. The van der Waals surface area contributed by atoms with Gasteiger partial charge < -0.3 is 10.1 Å². The molecule has 0 aliphatic carbocycles. The second-order valence-corrected chi connectivity index (χ2v) is 6.64. The van der Waals surface area contributed by atoms with Crippen LogP contribution in [-0.4, -0.2) is 24.7 Å². The van der Waals surface area contributed by atoms with Gasteiger partial charge in [0.2, 0.25) is 0 Å². The van der Waals surface area contributed by atoms with E-state index >= 15 is 0 Å². The van der Waals surface area contributed by atoms with E-state index in [2.05, 4.69) is 29.6 Å². The fourth-order valence-electron chi connectivity index (χ4n) is 2.75. The maximum atomic E-state index is 5.85. The Morgan fingerprint density at radius 1 is 1.29 bits per heavy atom. The van der Waals surface area contributed by atoms with E-state index in [0.717, 1.165) is 25.3 Å². The lowest BCUT2D eigenvalue weighted by Crippen LogP contribution is -2.21. The summed E-state index contributed by atoms with van der Waals surface area (Å²) < 4.78 is 5.85. The van der Waals surface area contributed by atoms with Crippen LogP contribution in [0.3, 0.4) is 0 Å². The number of hydrogen-bond acceptors (Lipinski definition) is 4. The summed E-state index contributed by atoms with van der Waals surface area (Å²) >= 11 is 1.82. The minimum Gasteiger partial charge on any atom is -0.378 e. The molecule has 1 fully saturated rings. The minimum atomic E-state index is 0.357. The molecule has 1 aromatic carbocycles. The summed E-state index contributed by atoms with van der Waals surface area (Å²) in [4.78, 5) is 6.21. The zero-order valence-corrected chi connectivity index (χ0v) is 13.3. The Balaban J connectivity index is 1.82. The molecule has 21 heavy (non-hydrogen) atoms. The average molecular weight is 302 g/mol. The fraction of sp³-hybridized carbons (Fsp3) is 0.471. The van der Waals surface area contributed by atoms with Crippen molar-refractivity contribution in [1.29, 1.82) is 0 Å². The number of aromatic nitrogens is 1. The Bertz CT molecular complexity index is 561. The van der Waals surface area contributed by atoms with E-state index < -0.39 is 0 Å². The molecule has 1 aliphatic rings. The van der Waals surface area contributed by atoms with E-state index in [9.17, 15) is 0 Å². The Hall–Kier alpha value is -1.23. The van der Waals surface area contributed by atoms with E-state index in [1.165, 1.54) is 34.7 Å². The van der Waals surface area contributed by atoms with E-state index in [4.69, 9.17) is 9.72 Å². The molecule has 0 saturated carbocycles. The summed E-state index contributed by atoms with van der Waals surface area (Å²) in [6.45, 7) is 1.78. The maximum absolute atomic E-state index is 5.85. The van der Waals surface area contributed by atoms with Crippen molar-refractivity contribution in [3.05, 3.63) is 40.2 Å². The standard InChI is InChI=1S/C17H22N2OS/c1-18-12-15-17(13-7-3-2-4-8-13)19-16(21-15)11-14-9-5-6-10-20-14/h2-4,7-8,14,18H,5-6,9-12H2,1H3. The highest BCUT2D eigenvalue weighted by atomic mass is 32.1. The lowest BCUT2D eigenvalue weighted by molar-refractivity contribution is 0.0168. The first kappa shape index (κ1) is 14.7. The first-order valence-electron chi connectivity index (χ1n) is 7.67. The second kappa shape index (κ2) is 7.16. The molecule has 0 bridgehead atoms. The topological polar surface area (TPSA) is 34.1 Å². The molecule has 3 nitrogen and oxygen atoms in total. The number of nitrogens with zero attached hydrogens (tertiary/aromatic N) is 1. The molecular formula is C17H22N2OS. The summed E-state index contributed by atoms with van der Waals surface area (Å²) in [6.07, 6.45) is 4.96. The molecule has 3 rings (SSSR count). The third-order valence-electron chi connectivity index (χ3n) is 3.80. The van der Waals surface area contributed by atoms with Crippen LogP contribution >= 0.6 is 11.3 Å². The number of rotatable bonds is 5. The van der Waals surface area contributed by atoms with Crippen LogP contribution in [0.1, 0.15) is 29.1 Å². The fourth-order valence-corrected chi connectivity index (χ4v) is 3.92. The number of thiazole rings is 1. The van der Waals surface area contributed by atoms with Crippen LogP contribution in [0, 0.1) is 0 Å². The lowest BCUT2D eigenvalue weighted by atomic mass is 10.1. The van der Waals surface area contributed by atoms with Crippen LogP contribution in [0.15, 0.2) is 30.3 Å². The SMILES string of the molecule is CNCc1sc(CC2CCCCO2)nc1-c1ccccc1. The molecule has 0 radical (unpaired) electrons. The number of benzene rings is 1. The summed E-state index contributed by atoms with van der Waals surface area (Å²) in [6, 6.07) is 10.5. The van der Waals surface area contributed by atoms with E-state index in [-0.39, 0.29) is 0 Å². The van der Waals surface area contributed by atoms with Crippen LogP contribution < -0.4 is 5.32 Å². The number of hydrogen-bond donors (Lipinski definition) is 1. The summed E-state index contributed by atoms with van der Waals surface area (Å²) in [7, 11) is 1.98. The van der Waals surface area contributed by atoms with Crippen molar-refractivity contribution in [3.8, 4) is 11.3 Å². The molecule has 1 atom stereocenters. The van der Waals surface area contributed by atoms with Gasteiger partial charge in [-0.25, -0.2) is 4.98 Å². The summed E-state index contributed by atoms with van der Waals surface area (Å²) in [5, 5.41) is 4.45. The van der Waals surface area contributed by atoms with E-state index in [1.54, 1.807) is 0 Å². The Kier molecular flexibility index (Phi) is 5.01. The third kappa shape index (κ3) is 3.70. The molecule has 1 N–H and O–H groups in total. The molecule has 112 valence electrons. The maximum Gasteiger partial charge on any atom is 0.0961 e. The lowest BCUT2D eigenvalue weighted by Gasteiger charge is -2.21. The highest BCUT2D eigenvalue weighted by molar-refractivity contribution is 7.12. The van der Waals surface area contributed by atoms with Crippen LogP contribution in [0.5, 0.6) is 0 Å². The van der Waals surface area contributed by atoms with Gasteiger partial charge >= 0.3 is 0 Å². The van der Waals surface area contributed by atoms with Gasteiger partial charge in [-0.1, -0.05) is 30.3 Å². The van der Waals surface area contributed by atoms with Crippen molar-refractivity contribution in [2.24, 2.45) is 0 Å². The van der Waals surface area contributed by atoms with Gasteiger partial charge in [-0.2, -0.15) is 0 Å². The highest BCUT2D eigenvalue weighted by Crippen LogP contribution is 2.30. The summed E-state index contributed by atoms with van der Waals surface area (Å²) in [5.74, 6) is 0. The van der Waals surface area contributed by atoms with Crippen molar-refractivity contribution in [2.45, 2.75) is 38.3 Å².